The molecular formula is C23H15F3N2O4. The average Bonchev–Trinajstić information content (AvgIpc) is 3.01. The molecule has 2 aliphatic rings. The van der Waals surface area contributed by atoms with Gasteiger partial charge in [-0.05, 0) is 42.5 Å². The molecule has 9 heteroatoms. The van der Waals surface area contributed by atoms with Crippen LogP contribution in [-0.4, -0.2) is 23.5 Å². The summed E-state index contributed by atoms with van der Waals surface area (Å²) in [6, 6.07) is 15.0. The Labute approximate surface area is 179 Å². The standard InChI is InChI=1S/C23H15F3N2O4/c24-23(25,26)14-4-3-5-15(10-14)28-21(30)16-6-1-2-7-17(16)22(28,31)13-8-9-19-18(11-13)27-20(29)12-32-19/h1-11,31H,12H2,(H,27,29). The highest BCUT2D eigenvalue weighted by atomic mass is 19.4. The van der Waals surface area contributed by atoms with Gasteiger partial charge >= 0.3 is 6.18 Å². The number of aliphatic hydroxyl groups is 1. The normalized spacial score (nSPS) is 19.8. The Morgan fingerprint density at radius 2 is 1.78 bits per heavy atom. The number of nitrogens with one attached hydrogen (secondary N) is 1. The Balaban J connectivity index is 1.72. The second-order valence-electron chi connectivity index (χ2n) is 7.45. The zero-order valence-electron chi connectivity index (χ0n) is 16.3. The fourth-order valence-corrected chi connectivity index (χ4v) is 4.07. The summed E-state index contributed by atoms with van der Waals surface area (Å²) < 4.78 is 45.3. The van der Waals surface area contributed by atoms with Gasteiger partial charge in [-0.1, -0.05) is 24.3 Å². The monoisotopic (exact) mass is 440 g/mol. The van der Waals surface area contributed by atoms with Crippen molar-refractivity contribution < 1.29 is 32.6 Å². The molecule has 1 unspecified atom stereocenters. The highest BCUT2D eigenvalue weighted by molar-refractivity contribution is 6.12. The minimum absolute atomic E-state index is 0.124. The molecule has 1 atom stereocenters. The van der Waals surface area contributed by atoms with E-state index in [1.54, 1.807) is 12.1 Å². The third-order valence-corrected chi connectivity index (χ3v) is 5.51. The van der Waals surface area contributed by atoms with E-state index in [0.29, 0.717) is 5.75 Å². The Hall–Kier alpha value is -3.85. The third-order valence-electron chi connectivity index (χ3n) is 5.51. The van der Waals surface area contributed by atoms with Crippen molar-refractivity contribution in [1.82, 2.24) is 0 Å². The molecule has 0 aromatic heterocycles. The van der Waals surface area contributed by atoms with Crippen molar-refractivity contribution in [3.63, 3.8) is 0 Å². The van der Waals surface area contributed by atoms with Crippen molar-refractivity contribution in [2.45, 2.75) is 11.9 Å². The van der Waals surface area contributed by atoms with Gasteiger partial charge in [-0.3, -0.25) is 14.5 Å². The fourth-order valence-electron chi connectivity index (χ4n) is 4.07. The smallest absolute Gasteiger partial charge is 0.416 e. The van der Waals surface area contributed by atoms with E-state index in [1.165, 1.54) is 42.5 Å². The van der Waals surface area contributed by atoms with Gasteiger partial charge in [0.05, 0.1) is 11.3 Å². The lowest BCUT2D eigenvalue weighted by molar-refractivity contribution is -0.137. The molecule has 2 amide bonds. The first-order valence-corrected chi connectivity index (χ1v) is 9.60. The van der Waals surface area contributed by atoms with Gasteiger partial charge in [-0.25, -0.2) is 0 Å². The number of hydrogen-bond donors (Lipinski definition) is 2. The van der Waals surface area contributed by atoms with E-state index in [2.05, 4.69) is 5.32 Å². The number of benzene rings is 3. The first-order valence-electron chi connectivity index (χ1n) is 9.60. The Kier molecular flexibility index (Phi) is 4.28. The summed E-state index contributed by atoms with van der Waals surface area (Å²) in [7, 11) is 0. The number of alkyl halides is 3. The van der Waals surface area contributed by atoms with Crippen LogP contribution in [-0.2, 0) is 16.7 Å². The highest BCUT2D eigenvalue weighted by Gasteiger charge is 2.51. The summed E-state index contributed by atoms with van der Waals surface area (Å²) in [5.41, 5.74) is -2.36. The van der Waals surface area contributed by atoms with Crippen molar-refractivity contribution in [3.8, 4) is 5.75 Å². The number of carbonyl (C=O) groups is 2. The maximum atomic E-state index is 13.3. The van der Waals surface area contributed by atoms with Crippen molar-refractivity contribution in [2.75, 3.05) is 16.8 Å². The van der Waals surface area contributed by atoms with Crippen LogP contribution in [0.3, 0.4) is 0 Å². The first-order chi connectivity index (χ1) is 15.2. The predicted octanol–water partition coefficient (Wildman–Crippen LogP) is 3.89. The number of ether oxygens (including phenoxy) is 1. The molecule has 0 aliphatic carbocycles. The van der Waals surface area contributed by atoms with E-state index in [0.717, 1.165) is 17.0 Å². The SMILES string of the molecule is O=C1COc2ccc(C3(O)c4ccccc4C(=O)N3c3cccc(C(F)(F)F)c3)cc2N1. The maximum Gasteiger partial charge on any atom is 0.416 e. The van der Waals surface area contributed by atoms with Crippen molar-refractivity contribution in [2.24, 2.45) is 0 Å². The minimum atomic E-state index is -4.63. The molecule has 0 spiro atoms. The molecule has 0 fully saturated rings. The van der Waals surface area contributed by atoms with E-state index >= 15 is 0 Å². The summed E-state index contributed by atoms with van der Waals surface area (Å²) in [4.78, 5) is 25.9. The number of fused-ring (bicyclic) bond motifs is 2. The molecule has 2 aliphatic heterocycles. The van der Waals surface area contributed by atoms with Gasteiger partial charge in [-0.15, -0.1) is 0 Å². The largest absolute Gasteiger partial charge is 0.482 e. The summed E-state index contributed by atoms with van der Waals surface area (Å²) in [5, 5.41) is 14.6. The quantitative estimate of drug-likeness (QED) is 0.634. The molecule has 6 nitrogen and oxygen atoms in total. The van der Waals surface area contributed by atoms with Gasteiger partial charge in [0.15, 0.2) is 12.3 Å². The number of amides is 2. The minimum Gasteiger partial charge on any atom is -0.482 e. The highest BCUT2D eigenvalue weighted by Crippen LogP contribution is 2.47. The molecular weight excluding hydrogens is 425 g/mol. The summed E-state index contributed by atoms with van der Waals surface area (Å²) in [5.74, 6) is -0.667. The molecule has 2 heterocycles. The zero-order chi connectivity index (χ0) is 22.7. The van der Waals surface area contributed by atoms with Crippen LogP contribution in [0.25, 0.3) is 0 Å². The van der Waals surface area contributed by atoms with Crippen LogP contribution in [0.1, 0.15) is 27.0 Å². The first kappa shape index (κ1) is 20.1. The summed E-state index contributed by atoms with van der Waals surface area (Å²) in [6.45, 7) is -0.158. The summed E-state index contributed by atoms with van der Waals surface area (Å²) >= 11 is 0. The molecule has 162 valence electrons. The van der Waals surface area contributed by atoms with Crippen LogP contribution in [0, 0.1) is 0 Å². The summed E-state index contributed by atoms with van der Waals surface area (Å²) in [6.07, 6.45) is -4.63. The molecule has 0 saturated carbocycles. The maximum absolute atomic E-state index is 13.3. The van der Waals surface area contributed by atoms with Crippen LogP contribution in [0.5, 0.6) is 5.75 Å². The Morgan fingerprint density at radius 1 is 1.00 bits per heavy atom. The molecule has 3 aromatic carbocycles. The molecule has 0 bridgehead atoms. The van der Waals surface area contributed by atoms with Gasteiger partial charge in [0.25, 0.3) is 11.8 Å². The molecule has 0 saturated heterocycles. The molecule has 0 radical (unpaired) electrons. The second-order valence-corrected chi connectivity index (χ2v) is 7.45. The van der Waals surface area contributed by atoms with Gasteiger partial charge in [0.2, 0.25) is 0 Å². The Bertz CT molecular complexity index is 1270. The number of hydrogen-bond acceptors (Lipinski definition) is 4. The predicted molar refractivity (Wildman–Crippen MR) is 108 cm³/mol. The lowest BCUT2D eigenvalue weighted by Crippen LogP contribution is -2.45. The lowest BCUT2D eigenvalue weighted by Gasteiger charge is -2.35. The number of halogens is 3. The Morgan fingerprint density at radius 3 is 2.56 bits per heavy atom. The van der Waals surface area contributed by atoms with E-state index < -0.39 is 23.4 Å². The number of nitrogens with zero attached hydrogens (tertiary/aromatic N) is 1. The van der Waals surface area contributed by atoms with Crippen LogP contribution in [0.4, 0.5) is 24.5 Å². The zero-order valence-corrected chi connectivity index (χ0v) is 16.3. The van der Waals surface area contributed by atoms with Gasteiger partial charge in [-0.2, -0.15) is 13.2 Å². The molecule has 5 rings (SSSR count). The third kappa shape index (κ3) is 2.93. The van der Waals surface area contributed by atoms with E-state index in [-0.39, 0.29) is 40.6 Å². The van der Waals surface area contributed by atoms with E-state index in [9.17, 15) is 27.9 Å². The van der Waals surface area contributed by atoms with Gasteiger partial charge < -0.3 is 15.2 Å². The number of carbonyl (C=O) groups excluding carboxylic acids is 2. The van der Waals surface area contributed by atoms with Crippen molar-refractivity contribution in [3.05, 3.63) is 89.0 Å². The number of anilines is 2. The average molecular weight is 440 g/mol. The second kappa shape index (κ2) is 6.83. The topological polar surface area (TPSA) is 78.9 Å². The van der Waals surface area contributed by atoms with Crippen LogP contribution >= 0.6 is 0 Å². The van der Waals surface area contributed by atoms with E-state index in [1.807, 2.05) is 0 Å². The van der Waals surface area contributed by atoms with Gasteiger partial charge in [0, 0.05) is 22.4 Å². The van der Waals surface area contributed by atoms with Crippen molar-refractivity contribution >= 4 is 23.2 Å². The van der Waals surface area contributed by atoms with Crippen molar-refractivity contribution in [1.29, 1.82) is 0 Å². The molecule has 3 aromatic rings. The van der Waals surface area contributed by atoms with Crippen LogP contribution in [0.15, 0.2) is 66.7 Å². The van der Waals surface area contributed by atoms with Gasteiger partial charge in [0.1, 0.15) is 5.75 Å². The van der Waals surface area contributed by atoms with Crippen LogP contribution < -0.4 is 15.0 Å². The lowest BCUT2D eigenvalue weighted by atomic mass is 9.92. The fraction of sp³-hybridized carbons (Fsp3) is 0.130. The number of rotatable bonds is 2. The van der Waals surface area contributed by atoms with E-state index in [4.69, 9.17) is 4.74 Å². The van der Waals surface area contributed by atoms with Crippen LogP contribution in [0.2, 0.25) is 0 Å². The molecule has 2 N–H and O–H groups in total. The molecule has 32 heavy (non-hydrogen) atoms.